The number of ketones is 2. The fourth-order valence-electron chi connectivity index (χ4n) is 6.95. The van der Waals surface area contributed by atoms with Gasteiger partial charge in [0.2, 0.25) is 5.78 Å². The molecule has 216 valence electrons. The zero-order chi connectivity index (χ0) is 30.4. The van der Waals surface area contributed by atoms with Crippen molar-refractivity contribution in [3.63, 3.8) is 0 Å². The first kappa shape index (κ1) is 27.4. The molecule has 2 aromatic carbocycles. The predicted molar refractivity (Wildman–Crippen MR) is 144 cm³/mol. The summed E-state index contributed by atoms with van der Waals surface area (Å²) in [5.41, 5.74) is 2.24. The van der Waals surface area contributed by atoms with Gasteiger partial charge in [-0.1, -0.05) is 24.3 Å². The number of aliphatic hydroxyl groups excluding tert-OH is 2. The molecular formula is C30H27N3O9. The van der Waals surface area contributed by atoms with Gasteiger partial charge in [-0.3, -0.25) is 33.8 Å². The molecule has 6 N–H and O–H groups in total. The molecule has 42 heavy (non-hydrogen) atoms. The monoisotopic (exact) mass is 573 g/mol. The lowest BCUT2D eigenvalue weighted by atomic mass is 9.58. The van der Waals surface area contributed by atoms with Crippen molar-refractivity contribution in [2.75, 3.05) is 14.1 Å². The number of benzene rings is 2. The van der Waals surface area contributed by atoms with Gasteiger partial charge >= 0.3 is 0 Å². The van der Waals surface area contributed by atoms with Gasteiger partial charge in [0.25, 0.3) is 17.7 Å². The largest absolute Gasteiger partial charge is 0.510 e. The number of imide groups is 1. The standard InChI is InChI=1S/C30H27N3O9/c1-32(2)21-17-10-14-9-12-7-8-13(11-33-28(40)15-5-3-4-6-16(15)29(33)41)22(34)18(12)23(35)19(14)25(37)30(17,42)26(38)20(24(21)36)27(31)39/h3-8,14,17,21,34,36-37,42H,9-11H2,1-2H3,(H2,31,39). The minimum atomic E-state index is -2.74. The van der Waals surface area contributed by atoms with Crippen molar-refractivity contribution in [1.82, 2.24) is 9.80 Å². The number of allylic oxidation sites excluding steroid dienone is 1. The van der Waals surface area contributed by atoms with Crippen LogP contribution in [0.4, 0.5) is 0 Å². The summed E-state index contributed by atoms with van der Waals surface area (Å²) in [6, 6.07) is 8.33. The molecule has 0 bridgehead atoms. The maximum atomic E-state index is 13.9. The number of aromatic hydroxyl groups is 1. The average molecular weight is 574 g/mol. The maximum Gasteiger partial charge on any atom is 0.261 e. The van der Waals surface area contributed by atoms with Gasteiger partial charge in [0.05, 0.1) is 29.3 Å². The highest BCUT2D eigenvalue weighted by atomic mass is 16.3. The quantitative estimate of drug-likeness (QED) is 0.259. The molecule has 4 unspecified atom stereocenters. The third kappa shape index (κ3) is 3.45. The second-order valence-electron chi connectivity index (χ2n) is 11.3. The number of fused-ring (bicyclic) bond motifs is 4. The summed E-state index contributed by atoms with van der Waals surface area (Å²) in [4.78, 5) is 67.6. The van der Waals surface area contributed by atoms with E-state index in [4.69, 9.17) is 5.73 Å². The van der Waals surface area contributed by atoms with E-state index >= 15 is 0 Å². The number of rotatable bonds is 4. The Morgan fingerprint density at radius 1 is 1.02 bits per heavy atom. The molecule has 12 heteroatoms. The highest BCUT2D eigenvalue weighted by Gasteiger charge is 2.63. The Balaban J connectivity index is 1.42. The number of primary amides is 1. The van der Waals surface area contributed by atoms with Crippen LogP contribution in [0.5, 0.6) is 5.75 Å². The Kier molecular flexibility index (Phi) is 5.93. The molecule has 1 heterocycles. The number of hydrogen-bond acceptors (Lipinski definition) is 10. The number of aliphatic hydroxyl groups is 3. The molecular weight excluding hydrogens is 546 g/mol. The zero-order valence-electron chi connectivity index (χ0n) is 22.6. The minimum Gasteiger partial charge on any atom is -0.510 e. The van der Waals surface area contributed by atoms with Crippen molar-refractivity contribution in [3.8, 4) is 5.75 Å². The first-order valence-corrected chi connectivity index (χ1v) is 13.2. The van der Waals surface area contributed by atoms with Crippen LogP contribution in [0.25, 0.3) is 0 Å². The van der Waals surface area contributed by atoms with E-state index in [0.717, 1.165) is 4.90 Å². The molecule has 6 rings (SSSR count). The molecule has 12 nitrogen and oxygen atoms in total. The van der Waals surface area contributed by atoms with Gasteiger partial charge in [0.1, 0.15) is 22.8 Å². The van der Waals surface area contributed by atoms with Gasteiger partial charge in [-0.2, -0.15) is 0 Å². The summed E-state index contributed by atoms with van der Waals surface area (Å²) in [5.74, 6) is -8.48. The third-order valence-electron chi connectivity index (χ3n) is 8.89. The Labute approximate surface area is 238 Å². The van der Waals surface area contributed by atoms with E-state index in [9.17, 15) is 44.4 Å². The van der Waals surface area contributed by atoms with Gasteiger partial charge in [-0.25, -0.2) is 0 Å². The molecule has 0 saturated heterocycles. The van der Waals surface area contributed by atoms with Crippen LogP contribution < -0.4 is 5.73 Å². The fourth-order valence-corrected chi connectivity index (χ4v) is 6.95. The van der Waals surface area contributed by atoms with Crippen LogP contribution in [0.15, 0.2) is 59.1 Å². The van der Waals surface area contributed by atoms with Crippen LogP contribution in [-0.2, 0) is 22.6 Å². The highest BCUT2D eigenvalue weighted by Crippen LogP contribution is 2.52. The maximum absolute atomic E-state index is 13.9. The van der Waals surface area contributed by atoms with E-state index in [-0.39, 0.29) is 47.2 Å². The molecule has 0 radical (unpaired) electrons. The Morgan fingerprint density at radius 2 is 1.64 bits per heavy atom. The van der Waals surface area contributed by atoms with Gasteiger partial charge in [0, 0.05) is 17.1 Å². The SMILES string of the molecule is CN(C)C1C(O)=C(C(N)=O)C(=O)C2(O)C(O)=C3C(=O)c4c(ccc(CN5C(=O)c6ccccc6C5=O)c4O)CC3CC12. The van der Waals surface area contributed by atoms with Gasteiger partial charge in [0.15, 0.2) is 11.4 Å². The van der Waals surface area contributed by atoms with Crippen LogP contribution >= 0.6 is 0 Å². The molecule has 2 aromatic rings. The molecule has 4 atom stereocenters. The molecule has 1 aliphatic heterocycles. The average Bonchev–Trinajstić information content (AvgIpc) is 3.16. The van der Waals surface area contributed by atoms with Crippen molar-refractivity contribution in [1.29, 1.82) is 0 Å². The van der Waals surface area contributed by atoms with Crippen molar-refractivity contribution in [3.05, 3.63) is 86.9 Å². The molecule has 3 amide bonds. The number of carbonyl (C=O) groups excluding carboxylic acids is 5. The van der Waals surface area contributed by atoms with Gasteiger partial charge < -0.3 is 26.2 Å². The molecule has 0 saturated carbocycles. The molecule has 0 fully saturated rings. The summed E-state index contributed by atoms with van der Waals surface area (Å²) >= 11 is 0. The van der Waals surface area contributed by atoms with Crippen molar-refractivity contribution in [2.45, 2.75) is 31.0 Å². The van der Waals surface area contributed by atoms with E-state index in [1.54, 1.807) is 32.3 Å². The zero-order valence-corrected chi connectivity index (χ0v) is 22.6. The first-order chi connectivity index (χ1) is 19.8. The van der Waals surface area contributed by atoms with E-state index in [1.807, 2.05) is 0 Å². The Bertz CT molecular complexity index is 1690. The Morgan fingerprint density at radius 3 is 2.21 bits per heavy atom. The Hall–Kier alpha value is -4.81. The molecule has 0 aromatic heterocycles. The highest BCUT2D eigenvalue weighted by molar-refractivity contribution is 6.25. The number of nitrogens with two attached hydrogens (primary N) is 1. The predicted octanol–water partition coefficient (Wildman–Crippen LogP) is 0.917. The van der Waals surface area contributed by atoms with Crippen molar-refractivity contribution in [2.24, 2.45) is 17.6 Å². The lowest BCUT2D eigenvalue weighted by Crippen LogP contribution is -2.63. The fraction of sp³-hybridized carbons (Fsp3) is 0.300. The van der Waals surface area contributed by atoms with E-state index in [0.29, 0.717) is 5.56 Å². The van der Waals surface area contributed by atoms with E-state index in [2.05, 4.69) is 0 Å². The lowest BCUT2D eigenvalue weighted by Gasteiger charge is -2.50. The third-order valence-corrected chi connectivity index (χ3v) is 8.89. The van der Waals surface area contributed by atoms with Crippen LogP contribution in [0.2, 0.25) is 0 Å². The molecule has 3 aliphatic carbocycles. The number of Topliss-reactive ketones (excluding diaryl/α,β-unsaturated/α-hetero) is 2. The second-order valence-corrected chi connectivity index (χ2v) is 11.3. The number of likely N-dealkylation sites (N-methyl/N-ethyl adjacent to an activating group) is 1. The van der Waals surface area contributed by atoms with Crippen LogP contribution in [0, 0.1) is 11.8 Å². The van der Waals surface area contributed by atoms with E-state index < -0.39 is 75.6 Å². The molecule has 4 aliphatic rings. The summed E-state index contributed by atoms with van der Waals surface area (Å²) in [6.45, 7) is -0.325. The topological polar surface area (TPSA) is 199 Å². The summed E-state index contributed by atoms with van der Waals surface area (Å²) in [5, 5.41) is 45.2. The van der Waals surface area contributed by atoms with E-state index in [1.165, 1.54) is 23.1 Å². The minimum absolute atomic E-state index is 0.0245. The number of carbonyl (C=O) groups is 5. The van der Waals surface area contributed by atoms with Crippen LogP contribution in [0.3, 0.4) is 0 Å². The number of hydrogen-bond donors (Lipinski definition) is 5. The number of phenols is 1. The molecule has 0 spiro atoms. The normalized spacial score (nSPS) is 26.9. The summed E-state index contributed by atoms with van der Waals surface area (Å²) in [7, 11) is 3.11. The number of nitrogens with zero attached hydrogens (tertiary/aromatic N) is 2. The smallest absolute Gasteiger partial charge is 0.261 e. The van der Waals surface area contributed by atoms with Gasteiger partial charge in [-0.15, -0.1) is 0 Å². The number of phenolic OH excluding ortho intramolecular Hbond substituents is 1. The lowest BCUT2D eigenvalue weighted by molar-refractivity contribution is -0.148. The first-order valence-electron chi connectivity index (χ1n) is 13.2. The van der Waals surface area contributed by atoms with Crippen molar-refractivity contribution < 1.29 is 44.4 Å². The number of amides is 3. The second kappa shape index (κ2) is 9.10. The van der Waals surface area contributed by atoms with Crippen LogP contribution in [-0.4, -0.2) is 85.3 Å². The van der Waals surface area contributed by atoms with Gasteiger partial charge in [-0.05, 0) is 50.6 Å². The van der Waals surface area contributed by atoms with Crippen molar-refractivity contribution >= 4 is 29.3 Å². The van der Waals surface area contributed by atoms with Crippen LogP contribution in [0.1, 0.15) is 48.6 Å². The summed E-state index contributed by atoms with van der Waals surface area (Å²) in [6.07, 6.45) is 0.110. The summed E-state index contributed by atoms with van der Waals surface area (Å²) < 4.78 is 0.